The molecule has 9 heteroatoms. The first kappa shape index (κ1) is 28.7. The first-order valence-corrected chi connectivity index (χ1v) is 14.2. The number of carbonyl (C=O) groups is 2. The molecule has 218 valence electrons. The second-order valence-corrected chi connectivity index (χ2v) is 12.7. The lowest BCUT2D eigenvalue weighted by Gasteiger charge is -2.37. The molecule has 0 N–H and O–H groups in total. The van der Waals surface area contributed by atoms with E-state index in [1.807, 2.05) is 65.8 Å². The van der Waals surface area contributed by atoms with Crippen molar-refractivity contribution in [1.29, 1.82) is 0 Å². The number of hydrogen-bond acceptors (Lipinski definition) is 7. The number of ether oxygens (including phenoxy) is 4. The van der Waals surface area contributed by atoms with Gasteiger partial charge in [-0.05, 0) is 90.1 Å². The topological polar surface area (TPSA) is 90.4 Å². The molecule has 3 aliphatic rings. The molecule has 3 aliphatic heterocycles. The highest BCUT2D eigenvalue weighted by atomic mass is 16.6. The van der Waals surface area contributed by atoms with Gasteiger partial charge in [0, 0.05) is 43.6 Å². The molecule has 1 aromatic carbocycles. The van der Waals surface area contributed by atoms with Crippen LogP contribution in [0, 0.1) is 17.8 Å². The molecule has 0 saturated carbocycles. The van der Waals surface area contributed by atoms with E-state index in [2.05, 4.69) is 16.8 Å². The molecule has 2 aromatic rings. The maximum atomic E-state index is 13.7. The summed E-state index contributed by atoms with van der Waals surface area (Å²) in [4.78, 5) is 33.8. The molecule has 0 spiro atoms. The second-order valence-electron chi connectivity index (χ2n) is 12.7. The predicted molar refractivity (Wildman–Crippen MR) is 154 cm³/mol. The molecular weight excluding hydrogens is 522 g/mol. The van der Waals surface area contributed by atoms with Crippen LogP contribution in [0.2, 0.25) is 0 Å². The summed E-state index contributed by atoms with van der Waals surface area (Å²) in [6, 6.07) is 7.59. The molecule has 5 rings (SSSR count). The molecule has 0 radical (unpaired) electrons. The highest BCUT2D eigenvalue weighted by Crippen LogP contribution is 2.43. The maximum absolute atomic E-state index is 13.7. The molecule has 41 heavy (non-hydrogen) atoms. The van der Waals surface area contributed by atoms with Gasteiger partial charge >= 0.3 is 12.2 Å². The Hall–Kier alpha value is -3.77. The van der Waals surface area contributed by atoms with Crippen molar-refractivity contribution in [1.82, 2.24) is 9.88 Å². The average molecular weight is 562 g/mol. The third kappa shape index (κ3) is 6.76. The molecule has 9 nitrogen and oxygen atoms in total. The highest BCUT2D eigenvalue weighted by molar-refractivity contribution is 5.98. The summed E-state index contributed by atoms with van der Waals surface area (Å²) in [7, 11) is 0. The van der Waals surface area contributed by atoms with Crippen molar-refractivity contribution in [2.75, 3.05) is 31.2 Å². The highest BCUT2D eigenvalue weighted by Gasteiger charge is 2.35. The first-order valence-electron chi connectivity index (χ1n) is 14.2. The van der Waals surface area contributed by atoms with Gasteiger partial charge in [-0.2, -0.15) is 0 Å². The van der Waals surface area contributed by atoms with Crippen LogP contribution in [0.15, 0.2) is 30.5 Å². The van der Waals surface area contributed by atoms with E-state index >= 15 is 0 Å². The molecular formula is C32H39N3O6. The minimum atomic E-state index is -0.704. The van der Waals surface area contributed by atoms with Crippen molar-refractivity contribution in [3.63, 3.8) is 0 Å². The number of pyridine rings is 1. The van der Waals surface area contributed by atoms with E-state index in [9.17, 15) is 9.59 Å². The van der Waals surface area contributed by atoms with Gasteiger partial charge in [0.15, 0.2) is 0 Å². The number of hydrogen-bond donors (Lipinski definition) is 0. The monoisotopic (exact) mass is 561 g/mol. The lowest BCUT2D eigenvalue weighted by atomic mass is 9.89. The SMILES string of the molecule is CC(C)(C)OC(=O)N1CC(C#Cc2ccc3c(c2)N(C(=O)OC(C)(C)C)c2nccc(C4CCOCC4)c2CO3)C1. The van der Waals surface area contributed by atoms with Crippen molar-refractivity contribution in [2.24, 2.45) is 5.92 Å². The molecule has 2 saturated heterocycles. The molecule has 1 aromatic heterocycles. The zero-order valence-electron chi connectivity index (χ0n) is 24.8. The van der Waals surface area contributed by atoms with E-state index in [1.54, 1.807) is 11.1 Å². The van der Waals surface area contributed by atoms with Crippen LogP contribution >= 0.6 is 0 Å². The standard InChI is InChI=1S/C32H39N3O6/c1-31(2,3)40-29(36)34-18-22(19-34)8-7-21-9-10-27-26(17-21)35(30(37)41-32(4,5)6)28-25(20-39-27)24(11-14-33-28)23-12-15-38-16-13-23/h9-11,14,17,22-23H,12-13,15-16,18-20H2,1-6H3. The van der Waals surface area contributed by atoms with Gasteiger partial charge < -0.3 is 23.8 Å². The van der Waals surface area contributed by atoms with Gasteiger partial charge in [0.25, 0.3) is 0 Å². The summed E-state index contributed by atoms with van der Waals surface area (Å²) in [6.07, 6.45) is 2.71. The quantitative estimate of drug-likeness (QED) is 0.385. The first-order chi connectivity index (χ1) is 19.4. The van der Waals surface area contributed by atoms with E-state index in [0.29, 0.717) is 49.5 Å². The van der Waals surface area contributed by atoms with Gasteiger partial charge in [0.1, 0.15) is 29.4 Å². The Labute approximate surface area is 242 Å². The molecule has 0 atom stereocenters. The number of aromatic nitrogens is 1. The lowest BCUT2D eigenvalue weighted by Crippen LogP contribution is -2.51. The van der Waals surface area contributed by atoms with Crippen LogP contribution in [0.25, 0.3) is 0 Å². The van der Waals surface area contributed by atoms with E-state index in [-0.39, 0.29) is 18.6 Å². The van der Waals surface area contributed by atoms with Crippen LogP contribution in [0.5, 0.6) is 5.75 Å². The molecule has 0 aliphatic carbocycles. The third-order valence-corrected chi connectivity index (χ3v) is 7.04. The van der Waals surface area contributed by atoms with E-state index < -0.39 is 17.3 Å². The van der Waals surface area contributed by atoms with Crippen molar-refractivity contribution >= 4 is 23.7 Å². The summed E-state index contributed by atoms with van der Waals surface area (Å²) in [5, 5.41) is 0. The Morgan fingerprint density at radius 2 is 1.66 bits per heavy atom. The Bertz CT molecular complexity index is 1370. The van der Waals surface area contributed by atoms with Crippen LogP contribution in [0.4, 0.5) is 21.1 Å². The van der Waals surface area contributed by atoms with E-state index in [1.165, 1.54) is 4.90 Å². The number of nitrogens with zero attached hydrogens (tertiary/aromatic N) is 3. The molecule has 2 amide bonds. The largest absolute Gasteiger partial charge is 0.487 e. The van der Waals surface area contributed by atoms with Gasteiger partial charge in [0.05, 0.1) is 11.6 Å². The number of fused-ring (bicyclic) bond motifs is 2. The molecule has 0 unspecified atom stereocenters. The lowest BCUT2D eigenvalue weighted by molar-refractivity contribution is 0.00590. The normalized spacial score (nSPS) is 17.6. The zero-order valence-corrected chi connectivity index (χ0v) is 24.8. The fourth-order valence-electron chi connectivity index (χ4n) is 5.11. The summed E-state index contributed by atoms with van der Waals surface area (Å²) < 4.78 is 23.2. The number of rotatable bonds is 1. The van der Waals surface area contributed by atoms with Crippen LogP contribution in [-0.2, 0) is 20.8 Å². The number of carbonyl (C=O) groups excluding carboxylic acids is 2. The number of benzene rings is 1. The van der Waals surface area contributed by atoms with Gasteiger partial charge in [-0.1, -0.05) is 11.8 Å². The Balaban J connectivity index is 1.44. The van der Waals surface area contributed by atoms with Gasteiger partial charge in [-0.25, -0.2) is 19.5 Å². The van der Waals surface area contributed by atoms with Crippen molar-refractivity contribution < 1.29 is 28.5 Å². The summed E-state index contributed by atoms with van der Waals surface area (Å²) >= 11 is 0. The van der Waals surface area contributed by atoms with Crippen LogP contribution in [-0.4, -0.2) is 59.6 Å². The smallest absolute Gasteiger partial charge is 0.420 e. The maximum Gasteiger partial charge on any atom is 0.420 e. The number of amides is 2. The van der Waals surface area contributed by atoms with Crippen molar-refractivity contribution in [3.05, 3.63) is 47.2 Å². The number of anilines is 2. The van der Waals surface area contributed by atoms with Gasteiger partial charge in [-0.15, -0.1) is 0 Å². The van der Waals surface area contributed by atoms with E-state index in [4.69, 9.17) is 18.9 Å². The Morgan fingerprint density at radius 3 is 2.34 bits per heavy atom. The Morgan fingerprint density at radius 1 is 0.976 bits per heavy atom. The van der Waals surface area contributed by atoms with Crippen molar-refractivity contribution in [2.45, 2.75) is 78.1 Å². The third-order valence-electron chi connectivity index (χ3n) is 7.04. The fourth-order valence-corrected chi connectivity index (χ4v) is 5.11. The van der Waals surface area contributed by atoms with Crippen molar-refractivity contribution in [3.8, 4) is 17.6 Å². The zero-order chi connectivity index (χ0) is 29.4. The summed E-state index contributed by atoms with van der Waals surface area (Å²) in [5.41, 5.74) is 2.03. The average Bonchev–Trinajstić information content (AvgIpc) is 3.02. The van der Waals surface area contributed by atoms with Crippen LogP contribution < -0.4 is 9.64 Å². The van der Waals surface area contributed by atoms with Crippen LogP contribution in [0.1, 0.15) is 77.0 Å². The summed E-state index contributed by atoms with van der Waals surface area (Å²) in [5.74, 6) is 7.89. The molecule has 2 fully saturated rings. The molecule has 0 bridgehead atoms. The van der Waals surface area contributed by atoms with Gasteiger partial charge in [0.2, 0.25) is 0 Å². The van der Waals surface area contributed by atoms with Gasteiger partial charge in [-0.3, -0.25) is 0 Å². The minimum Gasteiger partial charge on any atom is -0.487 e. The Kier molecular flexibility index (Phi) is 7.89. The van der Waals surface area contributed by atoms with E-state index in [0.717, 1.165) is 29.5 Å². The second kappa shape index (κ2) is 11.2. The van der Waals surface area contributed by atoms with Crippen LogP contribution in [0.3, 0.4) is 0 Å². The summed E-state index contributed by atoms with van der Waals surface area (Å²) in [6.45, 7) is 13.8. The predicted octanol–water partition coefficient (Wildman–Crippen LogP) is 6.16. The minimum absolute atomic E-state index is 0.0453. The molecule has 4 heterocycles. The number of likely N-dealkylation sites (tertiary alicyclic amines) is 1. The fraction of sp³-hybridized carbons (Fsp3) is 0.531.